The van der Waals surface area contributed by atoms with E-state index in [1.807, 2.05) is 6.07 Å². The quantitative estimate of drug-likeness (QED) is 0.873. The van der Waals surface area contributed by atoms with Gasteiger partial charge in [-0.3, -0.25) is 4.79 Å². The second-order valence-electron chi connectivity index (χ2n) is 6.24. The summed E-state index contributed by atoms with van der Waals surface area (Å²) >= 11 is 0. The number of hydrogen-bond acceptors (Lipinski definition) is 4. The van der Waals surface area contributed by atoms with Crippen molar-refractivity contribution in [2.45, 2.75) is 25.5 Å². The molecule has 1 amide bonds. The number of halogens is 1. The van der Waals surface area contributed by atoms with Crippen molar-refractivity contribution < 1.29 is 18.7 Å². The number of rotatable bonds is 3. The van der Waals surface area contributed by atoms with E-state index in [9.17, 15) is 14.0 Å². The monoisotopic (exact) mass is 340 g/mol. The number of amides is 1. The van der Waals surface area contributed by atoms with Crippen molar-refractivity contribution >= 4 is 23.3 Å². The minimum Gasteiger partial charge on any atom is -0.457 e. The molecule has 0 unspecified atom stereocenters. The van der Waals surface area contributed by atoms with Crippen LogP contribution in [0.2, 0.25) is 0 Å². The van der Waals surface area contributed by atoms with Gasteiger partial charge in [-0.05, 0) is 37.1 Å². The van der Waals surface area contributed by atoms with Gasteiger partial charge in [0.2, 0.25) is 5.91 Å². The Kier molecular flexibility index (Phi) is 3.87. The fraction of sp³-hybridized carbons (Fsp3) is 0.263. The van der Waals surface area contributed by atoms with Crippen molar-refractivity contribution in [3.63, 3.8) is 0 Å². The molecule has 5 nitrogen and oxygen atoms in total. The summed E-state index contributed by atoms with van der Waals surface area (Å²) in [5.41, 5.74) is 2.19. The van der Waals surface area contributed by atoms with Crippen LogP contribution in [0.5, 0.6) is 0 Å². The fourth-order valence-electron chi connectivity index (χ4n) is 3.40. The Bertz CT molecular complexity index is 852. The molecule has 1 atom stereocenters. The Balaban J connectivity index is 1.52. The predicted octanol–water partition coefficient (Wildman–Crippen LogP) is 3.10. The van der Waals surface area contributed by atoms with Crippen molar-refractivity contribution in [1.29, 1.82) is 0 Å². The highest BCUT2D eigenvalue weighted by Crippen LogP contribution is 2.37. The van der Waals surface area contributed by atoms with E-state index >= 15 is 0 Å². The van der Waals surface area contributed by atoms with Crippen molar-refractivity contribution in [2.75, 3.05) is 16.8 Å². The van der Waals surface area contributed by atoms with Crippen LogP contribution in [0.3, 0.4) is 0 Å². The highest BCUT2D eigenvalue weighted by molar-refractivity contribution is 6.05. The molecule has 2 aliphatic heterocycles. The summed E-state index contributed by atoms with van der Waals surface area (Å²) in [5.74, 6) is -1.00. The van der Waals surface area contributed by atoms with E-state index in [2.05, 4.69) is 10.2 Å². The minimum absolute atomic E-state index is 0.0399. The van der Waals surface area contributed by atoms with Crippen molar-refractivity contribution in [3.05, 3.63) is 59.4 Å². The summed E-state index contributed by atoms with van der Waals surface area (Å²) in [7, 11) is 0. The normalized spacial score (nSPS) is 18.4. The number of nitrogens with zero attached hydrogens (tertiary/aromatic N) is 1. The number of benzene rings is 2. The van der Waals surface area contributed by atoms with Gasteiger partial charge in [0.25, 0.3) is 0 Å². The molecule has 128 valence electrons. The topological polar surface area (TPSA) is 58.6 Å². The van der Waals surface area contributed by atoms with Gasteiger partial charge in [-0.15, -0.1) is 0 Å². The van der Waals surface area contributed by atoms with Gasteiger partial charge in [-0.2, -0.15) is 0 Å². The summed E-state index contributed by atoms with van der Waals surface area (Å²) in [4.78, 5) is 26.5. The molecule has 2 aromatic carbocycles. The third-order valence-corrected chi connectivity index (χ3v) is 4.67. The molecular formula is C19H17FN2O3. The number of hydrogen-bond donors (Lipinski definition) is 1. The highest BCUT2D eigenvalue weighted by atomic mass is 19.1. The van der Waals surface area contributed by atoms with E-state index < -0.39 is 11.8 Å². The highest BCUT2D eigenvalue weighted by Gasteiger charge is 2.36. The van der Waals surface area contributed by atoms with Gasteiger partial charge in [0, 0.05) is 12.1 Å². The van der Waals surface area contributed by atoms with Crippen molar-refractivity contribution in [1.82, 2.24) is 0 Å². The van der Waals surface area contributed by atoms with Crippen LogP contribution < -0.4 is 10.2 Å². The van der Waals surface area contributed by atoms with Crippen LogP contribution in [0.4, 0.5) is 15.8 Å². The predicted molar refractivity (Wildman–Crippen MR) is 91.0 cm³/mol. The zero-order chi connectivity index (χ0) is 17.4. The Labute approximate surface area is 144 Å². The van der Waals surface area contributed by atoms with E-state index in [4.69, 9.17) is 4.74 Å². The van der Waals surface area contributed by atoms with E-state index in [0.717, 1.165) is 25.1 Å². The van der Waals surface area contributed by atoms with Gasteiger partial charge in [0.15, 0.2) is 0 Å². The molecule has 1 N–H and O–H groups in total. The number of anilines is 2. The average Bonchev–Trinajstić information content (AvgIpc) is 3.11. The summed E-state index contributed by atoms with van der Waals surface area (Å²) in [6.45, 7) is 0.700. The Morgan fingerprint density at radius 2 is 2.12 bits per heavy atom. The molecule has 25 heavy (non-hydrogen) atoms. The van der Waals surface area contributed by atoms with Gasteiger partial charge in [0.1, 0.15) is 18.5 Å². The van der Waals surface area contributed by atoms with Gasteiger partial charge in [-0.25, -0.2) is 9.18 Å². The molecule has 2 heterocycles. The van der Waals surface area contributed by atoms with Gasteiger partial charge in [0.05, 0.1) is 16.9 Å². The maximum absolute atomic E-state index is 13.6. The molecule has 6 heteroatoms. The van der Waals surface area contributed by atoms with E-state index in [1.54, 1.807) is 30.3 Å². The molecule has 2 aliphatic rings. The summed E-state index contributed by atoms with van der Waals surface area (Å²) in [5, 5.41) is 2.86. The molecule has 0 radical (unpaired) electrons. The van der Waals surface area contributed by atoms with Gasteiger partial charge < -0.3 is 15.0 Å². The third kappa shape index (κ3) is 2.84. The Hall–Kier alpha value is -2.89. The molecule has 1 saturated heterocycles. The van der Waals surface area contributed by atoms with Crippen LogP contribution in [-0.2, 0) is 16.1 Å². The number of ether oxygens (including phenoxy) is 1. The number of carbonyl (C=O) groups is 2. The van der Waals surface area contributed by atoms with Crippen LogP contribution in [0, 0.1) is 5.82 Å². The lowest BCUT2D eigenvalue weighted by Gasteiger charge is -2.33. The maximum Gasteiger partial charge on any atom is 0.338 e. The second-order valence-corrected chi connectivity index (χ2v) is 6.24. The van der Waals surface area contributed by atoms with Crippen LogP contribution in [0.1, 0.15) is 28.8 Å². The number of carbonyl (C=O) groups excluding carboxylic acids is 2. The fourth-order valence-corrected chi connectivity index (χ4v) is 3.40. The summed E-state index contributed by atoms with van der Waals surface area (Å²) in [6.07, 6.45) is 1.82. The first-order valence-corrected chi connectivity index (χ1v) is 8.25. The summed E-state index contributed by atoms with van der Waals surface area (Å²) < 4.78 is 18.8. The van der Waals surface area contributed by atoms with Gasteiger partial charge in [-0.1, -0.05) is 18.2 Å². The molecule has 0 bridgehead atoms. The van der Waals surface area contributed by atoms with E-state index in [-0.39, 0.29) is 18.6 Å². The first-order chi connectivity index (χ1) is 12.1. The number of nitrogens with one attached hydrogen (secondary N) is 1. The molecule has 0 saturated carbocycles. The van der Waals surface area contributed by atoms with Crippen LogP contribution in [-0.4, -0.2) is 24.5 Å². The van der Waals surface area contributed by atoms with Gasteiger partial charge >= 0.3 is 5.97 Å². The van der Waals surface area contributed by atoms with E-state index in [0.29, 0.717) is 16.8 Å². The van der Waals surface area contributed by atoms with Crippen LogP contribution in [0.15, 0.2) is 42.5 Å². The smallest absolute Gasteiger partial charge is 0.338 e. The maximum atomic E-state index is 13.6. The van der Waals surface area contributed by atoms with Crippen molar-refractivity contribution in [3.8, 4) is 0 Å². The molecule has 2 aromatic rings. The number of fused-ring (bicyclic) bond motifs is 3. The Morgan fingerprint density at radius 1 is 1.28 bits per heavy atom. The second kappa shape index (κ2) is 6.20. The zero-order valence-electron chi connectivity index (χ0n) is 13.5. The first kappa shape index (κ1) is 15.6. The van der Waals surface area contributed by atoms with Crippen molar-refractivity contribution in [2.24, 2.45) is 0 Å². The lowest BCUT2D eigenvalue weighted by atomic mass is 10.1. The Morgan fingerprint density at radius 3 is 2.96 bits per heavy atom. The molecule has 0 aliphatic carbocycles. The average molecular weight is 340 g/mol. The largest absolute Gasteiger partial charge is 0.457 e. The zero-order valence-corrected chi connectivity index (χ0v) is 13.5. The number of esters is 1. The lowest BCUT2D eigenvalue weighted by Crippen LogP contribution is -2.43. The van der Waals surface area contributed by atoms with Crippen LogP contribution in [0.25, 0.3) is 0 Å². The molecule has 0 aromatic heterocycles. The molecular weight excluding hydrogens is 323 g/mol. The SMILES string of the molecule is O=C(OCc1ccccc1F)c1ccc2c(c1)NC(=O)[C@H]1CCCN21. The standard InChI is InChI=1S/C19H17FN2O3/c20-14-5-2-1-4-13(14)11-25-19(24)12-7-8-16-15(10-12)21-18(23)17-6-3-9-22(16)17/h1-2,4-5,7-8,10,17H,3,6,9,11H2,(H,21,23)/t17-/m1/s1. The minimum atomic E-state index is -0.552. The van der Waals surface area contributed by atoms with E-state index in [1.165, 1.54) is 6.07 Å². The van der Waals surface area contributed by atoms with Crippen LogP contribution >= 0.6 is 0 Å². The summed E-state index contributed by atoms with van der Waals surface area (Å²) in [6, 6.07) is 11.2. The first-order valence-electron chi connectivity index (χ1n) is 8.25. The molecule has 1 fully saturated rings. The third-order valence-electron chi connectivity index (χ3n) is 4.67. The molecule has 4 rings (SSSR count). The molecule has 0 spiro atoms. The lowest BCUT2D eigenvalue weighted by molar-refractivity contribution is -0.117.